The van der Waals surface area contributed by atoms with Crippen molar-refractivity contribution in [2.75, 3.05) is 26.2 Å². The number of carboxylic acids is 1. The number of rotatable bonds is 9. The molecule has 1 fully saturated rings. The van der Waals surface area contributed by atoms with Gasteiger partial charge in [-0.2, -0.15) is 0 Å². The van der Waals surface area contributed by atoms with Crippen molar-refractivity contribution >= 4 is 64.3 Å². The van der Waals surface area contributed by atoms with Gasteiger partial charge in [-0.3, -0.25) is 23.6 Å². The van der Waals surface area contributed by atoms with E-state index in [1.165, 1.54) is 30.6 Å². The predicted octanol–water partition coefficient (Wildman–Crippen LogP) is 3.41. The lowest BCUT2D eigenvalue weighted by molar-refractivity contribution is -0.138. The number of thiazole rings is 1. The minimum absolute atomic E-state index is 0.103. The van der Waals surface area contributed by atoms with Crippen molar-refractivity contribution in [1.82, 2.24) is 19.5 Å². The SMILES string of the molecule is CC(=O)N(C[C@@H]1CN(Cc2ccc(Cl)c(Cl)c2)CCO1)Sc1nc(C(=O)N[C@@H](C)C(=O)O)cs1. The predicted molar refractivity (Wildman–Crippen MR) is 131 cm³/mol. The van der Waals surface area contributed by atoms with Crippen molar-refractivity contribution in [3.05, 3.63) is 44.9 Å². The van der Waals surface area contributed by atoms with Gasteiger partial charge in [-0.05, 0) is 24.6 Å². The van der Waals surface area contributed by atoms with Crippen molar-refractivity contribution < 1.29 is 24.2 Å². The molecule has 13 heteroatoms. The molecule has 2 heterocycles. The first kappa shape index (κ1) is 26.7. The molecule has 1 aliphatic heterocycles. The van der Waals surface area contributed by atoms with Crippen LogP contribution in [0.1, 0.15) is 29.9 Å². The third-order valence-electron chi connectivity index (χ3n) is 4.96. The summed E-state index contributed by atoms with van der Waals surface area (Å²) in [6.07, 6.45) is -0.202. The van der Waals surface area contributed by atoms with Gasteiger partial charge in [-0.15, -0.1) is 11.3 Å². The summed E-state index contributed by atoms with van der Waals surface area (Å²) < 4.78 is 7.93. The van der Waals surface area contributed by atoms with Crippen molar-refractivity contribution in [1.29, 1.82) is 0 Å². The maximum Gasteiger partial charge on any atom is 0.325 e. The number of nitrogens with one attached hydrogen (secondary N) is 1. The molecule has 1 aromatic heterocycles. The van der Waals surface area contributed by atoms with Crippen LogP contribution in [0.15, 0.2) is 27.9 Å². The molecule has 1 aromatic carbocycles. The molecule has 0 bridgehead atoms. The third kappa shape index (κ3) is 7.56. The van der Waals surface area contributed by atoms with Gasteiger partial charge in [0.1, 0.15) is 11.7 Å². The van der Waals surface area contributed by atoms with E-state index < -0.39 is 17.9 Å². The molecule has 0 saturated carbocycles. The number of hydrogen-bond donors (Lipinski definition) is 2. The molecule has 1 aliphatic rings. The molecule has 184 valence electrons. The molecular weight excluding hydrogens is 523 g/mol. The van der Waals surface area contributed by atoms with Gasteiger partial charge in [0.15, 0.2) is 4.34 Å². The van der Waals surface area contributed by atoms with E-state index >= 15 is 0 Å². The summed E-state index contributed by atoms with van der Waals surface area (Å²) >= 11 is 14.4. The minimum Gasteiger partial charge on any atom is -0.480 e. The Morgan fingerprint density at radius 3 is 2.82 bits per heavy atom. The summed E-state index contributed by atoms with van der Waals surface area (Å²) in [4.78, 5) is 41.8. The fourth-order valence-corrected chi connectivity index (χ4v) is 5.30. The number of aromatic nitrogens is 1. The Morgan fingerprint density at radius 2 is 2.15 bits per heavy atom. The van der Waals surface area contributed by atoms with Crippen LogP contribution in [0.25, 0.3) is 0 Å². The number of carbonyl (C=O) groups is 3. The Kier molecular flexibility index (Phi) is 9.57. The highest BCUT2D eigenvalue weighted by Crippen LogP contribution is 2.28. The van der Waals surface area contributed by atoms with Crippen molar-refractivity contribution in [3.63, 3.8) is 0 Å². The summed E-state index contributed by atoms with van der Waals surface area (Å²) in [5.74, 6) is -1.89. The van der Waals surface area contributed by atoms with Crippen LogP contribution in [-0.2, 0) is 20.9 Å². The van der Waals surface area contributed by atoms with E-state index in [4.69, 9.17) is 33.0 Å². The molecule has 34 heavy (non-hydrogen) atoms. The average molecular weight is 547 g/mol. The van der Waals surface area contributed by atoms with Crippen LogP contribution < -0.4 is 5.32 Å². The lowest BCUT2D eigenvalue weighted by atomic mass is 10.2. The largest absolute Gasteiger partial charge is 0.480 e. The normalized spacial score (nSPS) is 17.2. The van der Waals surface area contributed by atoms with Crippen molar-refractivity contribution in [2.45, 2.75) is 36.9 Å². The summed E-state index contributed by atoms with van der Waals surface area (Å²) in [6, 6.07) is 4.52. The van der Waals surface area contributed by atoms with Crippen LogP contribution in [0.3, 0.4) is 0 Å². The van der Waals surface area contributed by atoms with E-state index in [0.29, 0.717) is 40.6 Å². The van der Waals surface area contributed by atoms with Crippen LogP contribution in [0.4, 0.5) is 0 Å². The van der Waals surface area contributed by atoms with E-state index in [0.717, 1.165) is 24.1 Å². The van der Waals surface area contributed by atoms with Gasteiger partial charge in [0, 0.05) is 43.9 Å². The van der Waals surface area contributed by atoms with E-state index in [-0.39, 0.29) is 17.7 Å². The summed E-state index contributed by atoms with van der Waals surface area (Å²) in [5, 5.41) is 13.8. The molecule has 2 amide bonds. The van der Waals surface area contributed by atoms with Gasteiger partial charge in [0.25, 0.3) is 5.91 Å². The zero-order valence-electron chi connectivity index (χ0n) is 18.5. The van der Waals surface area contributed by atoms with Gasteiger partial charge in [0.2, 0.25) is 5.91 Å². The number of amides is 2. The highest BCUT2D eigenvalue weighted by atomic mass is 35.5. The Labute approximate surface area is 215 Å². The molecule has 9 nitrogen and oxygen atoms in total. The molecule has 1 saturated heterocycles. The molecular formula is C21H24Cl2N4O5S2. The number of morpholine rings is 1. The number of carboxylic acid groups (broad SMARTS) is 1. The second kappa shape index (κ2) is 12.2. The van der Waals surface area contributed by atoms with Gasteiger partial charge in [-0.1, -0.05) is 29.3 Å². The van der Waals surface area contributed by atoms with Crippen LogP contribution in [0.2, 0.25) is 10.0 Å². The van der Waals surface area contributed by atoms with E-state index in [1.54, 1.807) is 10.4 Å². The maximum absolute atomic E-state index is 12.3. The van der Waals surface area contributed by atoms with Crippen molar-refractivity contribution in [3.8, 4) is 0 Å². The molecule has 3 rings (SSSR count). The first-order chi connectivity index (χ1) is 16.1. The standard InChI is InChI=1S/C21H24Cl2N4O5S2/c1-12(20(30)31)24-19(29)18-11-33-21(25-18)34-27(13(2)28)10-15-9-26(5-6-32-15)8-14-3-4-16(22)17(23)7-14/h3-4,7,11-12,15H,5-6,8-10H2,1-2H3,(H,24,29)(H,30,31)/t12-,15-/m0/s1. The molecule has 2 aromatic rings. The van der Waals surface area contributed by atoms with Crippen LogP contribution in [0.5, 0.6) is 0 Å². The first-order valence-electron chi connectivity index (χ1n) is 10.4. The fourth-order valence-electron chi connectivity index (χ4n) is 3.18. The summed E-state index contributed by atoms with van der Waals surface area (Å²) in [7, 11) is 0. The quantitative estimate of drug-likeness (QED) is 0.460. The lowest BCUT2D eigenvalue weighted by Crippen LogP contribution is -2.46. The molecule has 0 spiro atoms. The highest BCUT2D eigenvalue weighted by molar-refractivity contribution is 7.99. The Bertz CT molecular complexity index is 1050. The Hall–Kier alpha value is -1.89. The van der Waals surface area contributed by atoms with Crippen molar-refractivity contribution in [2.24, 2.45) is 0 Å². The smallest absolute Gasteiger partial charge is 0.325 e. The summed E-state index contributed by atoms with van der Waals surface area (Å²) in [6.45, 7) is 5.77. The van der Waals surface area contributed by atoms with Gasteiger partial charge in [-0.25, -0.2) is 4.98 Å². The number of benzene rings is 1. The maximum atomic E-state index is 12.3. The van der Waals surface area contributed by atoms with Gasteiger partial charge < -0.3 is 15.2 Å². The number of nitrogens with zero attached hydrogens (tertiary/aromatic N) is 3. The zero-order valence-corrected chi connectivity index (χ0v) is 21.6. The fraction of sp³-hybridized carbons (Fsp3) is 0.429. The topological polar surface area (TPSA) is 112 Å². The molecule has 0 unspecified atom stereocenters. The molecule has 0 aliphatic carbocycles. The van der Waals surface area contributed by atoms with E-state index in [1.807, 2.05) is 12.1 Å². The van der Waals surface area contributed by atoms with Crippen LogP contribution >= 0.6 is 46.5 Å². The monoisotopic (exact) mass is 546 g/mol. The second-order valence-electron chi connectivity index (χ2n) is 7.68. The number of hydrogen-bond acceptors (Lipinski definition) is 8. The van der Waals surface area contributed by atoms with Gasteiger partial charge >= 0.3 is 5.97 Å². The first-order valence-corrected chi connectivity index (χ1v) is 12.8. The second-order valence-corrected chi connectivity index (χ2v) is 10.6. The Balaban J connectivity index is 1.58. The lowest BCUT2D eigenvalue weighted by Gasteiger charge is -2.35. The number of aliphatic carboxylic acids is 1. The van der Waals surface area contributed by atoms with Gasteiger partial charge in [0.05, 0.1) is 29.3 Å². The highest BCUT2D eigenvalue weighted by Gasteiger charge is 2.26. The summed E-state index contributed by atoms with van der Waals surface area (Å²) in [5.41, 5.74) is 1.14. The number of carbonyl (C=O) groups excluding carboxylic acids is 2. The molecule has 2 atom stereocenters. The zero-order chi connectivity index (χ0) is 24.8. The Morgan fingerprint density at radius 1 is 1.38 bits per heavy atom. The van der Waals surface area contributed by atoms with E-state index in [9.17, 15) is 14.4 Å². The average Bonchev–Trinajstić information content (AvgIpc) is 3.25. The minimum atomic E-state index is -1.14. The number of halogens is 2. The molecule has 2 N–H and O–H groups in total. The van der Waals surface area contributed by atoms with Crippen LogP contribution in [0, 0.1) is 0 Å². The molecule has 0 radical (unpaired) electrons. The third-order valence-corrected chi connectivity index (χ3v) is 7.72. The number of ether oxygens (including phenoxy) is 1. The van der Waals surface area contributed by atoms with Crippen LogP contribution in [-0.4, -0.2) is 75.5 Å². The van der Waals surface area contributed by atoms with E-state index in [2.05, 4.69) is 15.2 Å².